The maximum atomic E-state index is 4.04. The fraction of sp³-hybridized carbons (Fsp3) is 0.375. The van der Waals surface area contributed by atoms with Crippen LogP contribution in [0.25, 0.3) is 0 Å². The van der Waals surface area contributed by atoms with E-state index in [0.29, 0.717) is 0 Å². The van der Waals surface area contributed by atoms with Crippen LogP contribution in [0.4, 0.5) is 0 Å². The highest BCUT2D eigenvalue weighted by Gasteiger charge is 2.34. The van der Waals surface area contributed by atoms with Crippen molar-refractivity contribution < 1.29 is 0 Å². The second kappa shape index (κ2) is 4.39. The molecule has 74 valence electrons. The van der Waals surface area contributed by atoms with Gasteiger partial charge in [0.1, 0.15) is 0 Å². The van der Waals surface area contributed by atoms with Gasteiger partial charge in [-0.25, -0.2) is 0 Å². The minimum absolute atomic E-state index is 0.254. The van der Waals surface area contributed by atoms with Gasteiger partial charge in [-0.05, 0) is 38.7 Å². The zero-order valence-electron chi connectivity index (χ0n) is 9.33. The molecule has 1 aliphatic rings. The van der Waals surface area contributed by atoms with Crippen LogP contribution in [0.5, 0.6) is 0 Å². The average molecular weight is 198 g/mol. The summed E-state index contributed by atoms with van der Waals surface area (Å²) in [4.78, 5) is 4.04. The van der Waals surface area contributed by atoms with Crippen LogP contribution in [-0.2, 0) is 0 Å². The van der Waals surface area contributed by atoms with E-state index in [-0.39, 0.29) is 6.98 Å². The number of aromatic nitrogens is 1. The van der Waals surface area contributed by atoms with Crippen LogP contribution in [0.1, 0.15) is 0 Å². The second-order valence-corrected chi connectivity index (χ2v) is 3.88. The number of rotatable bonds is 1. The van der Waals surface area contributed by atoms with Gasteiger partial charge in [-0.15, -0.1) is 0 Å². The minimum Gasteiger partial charge on any atom is -0.367 e. The Labute approximate surface area is 93.0 Å². The molecule has 0 aliphatic carbocycles. The molecule has 0 N–H and O–H groups in total. The van der Waals surface area contributed by atoms with E-state index in [1.165, 1.54) is 5.46 Å². The molecule has 0 unspecified atom stereocenters. The van der Waals surface area contributed by atoms with Crippen molar-refractivity contribution in [2.45, 2.75) is 0 Å². The van der Waals surface area contributed by atoms with Crippen LogP contribution < -0.4 is 5.46 Å². The van der Waals surface area contributed by atoms with Gasteiger partial charge in [0.25, 0.3) is 15.1 Å². The summed E-state index contributed by atoms with van der Waals surface area (Å²) in [6.07, 6.45) is 3.66. The summed E-state index contributed by atoms with van der Waals surface area (Å²) in [5.74, 6) is 0. The Balaban J connectivity index is 2.21. The lowest BCUT2D eigenvalue weighted by molar-refractivity contribution is 0.586. The van der Waals surface area contributed by atoms with E-state index in [9.17, 15) is 0 Å². The topological polar surface area (TPSA) is 22.6 Å². The Morgan fingerprint density at radius 1 is 1.07 bits per heavy atom. The van der Waals surface area contributed by atoms with Crippen LogP contribution in [-0.4, -0.2) is 62.4 Å². The molecule has 0 spiro atoms. The average Bonchev–Trinajstić information content (AvgIpc) is 2.17. The number of nitrogens with zero attached hydrogens (tertiary/aromatic N) is 4. The Morgan fingerprint density at radius 3 is 2.13 bits per heavy atom. The highest BCUT2D eigenvalue weighted by atomic mass is 15.3. The van der Waals surface area contributed by atoms with Gasteiger partial charge < -0.3 is 14.2 Å². The molecule has 0 amide bonds. The Kier molecular flexibility index (Phi) is 3.14. The standard InChI is InChI=1S/C8H13B3N4/c1-13-9-14(2)11(15(3)10-13)8-4-6-12-7-5-8/h4-7H,1-3H3. The van der Waals surface area contributed by atoms with Gasteiger partial charge in [-0.1, -0.05) is 0 Å². The lowest BCUT2D eigenvalue weighted by Crippen LogP contribution is -2.68. The fourth-order valence-corrected chi connectivity index (χ4v) is 2.02. The van der Waals surface area contributed by atoms with E-state index in [0.717, 1.165) is 0 Å². The zero-order valence-corrected chi connectivity index (χ0v) is 9.33. The molecule has 2 radical (unpaired) electrons. The maximum absolute atomic E-state index is 4.04. The summed E-state index contributed by atoms with van der Waals surface area (Å²) in [6, 6.07) is 4.09. The molecule has 7 heteroatoms. The van der Waals surface area contributed by atoms with E-state index in [1.807, 2.05) is 36.3 Å². The molecule has 0 saturated carbocycles. The first-order valence-electron chi connectivity index (χ1n) is 4.94. The largest absolute Gasteiger partial charge is 0.367 e. The molecule has 1 aromatic rings. The first-order chi connectivity index (χ1) is 7.18. The Hall–Kier alpha value is -0.775. The smallest absolute Gasteiger partial charge is 0.324 e. The number of pyridine rings is 1. The minimum atomic E-state index is 0.254. The first kappa shape index (κ1) is 10.7. The van der Waals surface area contributed by atoms with E-state index in [1.54, 1.807) is 0 Å². The molecule has 4 nitrogen and oxygen atoms in total. The van der Waals surface area contributed by atoms with Crippen molar-refractivity contribution in [1.29, 1.82) is 0 Å². The van der Waals surface area contributed by atoms with Crippen molar-refractivity contribution >= 4 is 27.5 Å². The van der Waals surface area contributed by atoms with Gasteiger partial charge in [0, 0.05) is 12.4 Å². The highest BCUT2D eigenvalue weighted by molar-refractivity contribution is 6.82. The molecular formula is C8H13B3N4. The van der Waals surface area contributed by atoms with Gasteiger partial charge in [0.05, 0.1) is 0 Å². The normalized spacial score (nSPS) is 19.8. The van der Waals surface area contributed by atoms with Crippen molar-refractivity contribution in [2.24, 2.45) is 0 Å². The van der Waals surface area contributed by atoms with Crippen LogP contribution in [0.2, 0.25) is 0 Å². The molecule has 1 aliphatic heterocycles. The maximum Gasteiger partial charge on any atom is 0.324 e. The molecule has 1 aromatic heterocycles. The predicted octanol–water partition coefficient (Wildman–Crippen LogP) is -1.35. The molecular weight excluding hydrogens is 185 g/mol. The van der Waals surface area contributed by atoms with E-state index < -0.39 is 0 Å². The van der Waals surface area contributed by atoms with E-state index in [2.05, 4.69) is 43.6 Å². The second-order valence-electron chi connectivity index (χ2n) is 3.88. The summed E-state index contributed by atoms with van der Waals surface area (Å²) in [5, 5.41) is 0. The van der Waals surface area contributed by atoms with Crippen molar-refractivity contribution in [2.75, 3.05) is 21.1 Å². The van der Waals surface area contributed by atoms with Gasteiger partial charge in [-0.2, -0.15) is 0 Å². The molecule has 1 fully saturated rings. The first-order valence-corrected chi connectivity index (χ1v) is 4.94. The van der Waals surface area contributed by atoms with Gasteiger partial charge >= 0.3 is 6.98 Å². The van der Waals surface area contributed by atoms with Crippen LogP contribution in [0.3, 0.4) is 0 Å². The number of hydrogen-bond acceptors (Lipinski definition) is 4. The van der Waals surface area contributed by atoms with Gasteiger partial charge in [-0.3, -0.25) is 4.98 Å². The van der Waals surface area contributed by atoms with Crippen molar-refractivity contribution in [3.8, 4) is 0 Å². The Bertz CT molecular complexity index is 311. The summed E-state index contributed by atoms with van der Waals surface area (Å²) in [7, 11) is 10.3. The molecule has 2 rings (SSSR count). The van der Waals surface area contributed by atoms with Gasteiger partial charge in [0.15, 0.2) is 0 Å². The highest BCUT2D eigenvalue weighted by Crippen LogP contribution is 2.03. The molecule has 1 saturated heterocycles. The van der Waals surface area contributed by atoms with Crippen molar-refractivity contribution in [3.63, 3.8) is 0 Å². The lowest BCUT2D eigenvalue weighted by Gasteiger charge is -2.40. The van der Waals surface area contributed by atoms with Crippen LogP contribution >= 0.6 is 0 Å². The van der Waals surface area contributed by atoms with Crippen LogP contribution in [0, 0.1) is 0 Å². The van der Waals surface area contributed by atoms with E-state index in [4.69, 9.17) is 0 Å². The molecule has 0 aromatic carbocycles. The van der Waals surface area contributed by atoms with Crippen LogP contribution in [0.15, 0.2) is 24.5 Å². The summed E-state index contributed by atoms with van der Waals surface area (Å²) >= 11 is 0. The summed E-state index contributed by atoms with van der Waals surface area (Å²) in [5.41, 5.74) is 1.25. The van der Waals surface area contributed by atoms with Crippen molar-refractivity contribution in [1.82, 2.24) is 19.1 Å². The summed E-state index contributed by atoms with van der Waals surface area (Å²) < 4.78 is 6.39. The molecule has 0 bridgehead atoms. The monoisotopic (exact) mass is 198 g/mol. The zero-order chi connectivity index (χ0) is 10.8. The number of hydrogen-bond donors (Lipinski definition) is 0. The third kappa shape index (κ3) is 2.25. The third-order valence-electron chi connectivity index (χ3n) is 2.50. The molecule has 0 atom stereocenters. The van der Waals surface area contributed by atoms with Gasteiger partial charge in [0.2, 0.25) is 0 Å². The predicted molar refractivity (Wildman–Crippen MR) is 64.4 cm³/mol. The Morgan fingerprint density at radius 2 is 1.60 bits per heavy atom. The fourth-order valence-electron chi connectivity index (χ4n) is 2.02. The quantitative estimate of drug-likeness (QED) is 0.520. The lowest BCUT2D eigenvalue weighted by atomic mass is 9.55. The van der Waals surface area contributed by atoms with E-state index >= 15 is 0 Å². The third-order valence-corrected chi connectivity index (χ3v) is 2.50. The molecule has 15 heavy (non-hydrogen) atoms. The van der Waals surface area contributed by atoms with Crippen molar-refractivity contribution in [3.05, 3.63) is 24.5 Å². The summed E-state index contributed by atoms with van der Waals surface area (Å²) in [6.45, 7) is 0.254. The SMILES string of the molecule is CN1[B]N(C)B(c2ccncc2)N(C)[B]1. The molecule has 2 heterocycles.